The summed E-state index contributed by atoms with van der Waals surface area (Å²) in [6, 6.07) is 0. The lowest BCUT2D eigenvalue weighted by Gasteiger charge is -2.49. The number of aliphatic hydroxyl groups excluding tert-OH is 10. The molecular formula is C76H143O24P. The van der Waals surface area contributed by atoms with Gasteiger partial charge in [0.2, 0.25) is 0 Å². The van der Waals surface area contributed by atoms with Crippen molar-refractivity contribution in [1.29, 1.82) is 0 Å². The number of phosphoric ester groups is 1. The number of ether oxygens (including phenoxy) is 7. The highest BCUT2D eigenvalue weighted by molar-refractivity contribution is 7.47. The van der Waals surface area contributed by atoms with E-state index in [0.717, 1.165) is 89.9 Å². The lowest BCUT2D eigenvalue weighted by molar-refractivity contribution is -0.360. The lowest BCUT2D eigenvalue weighted by atomic mass is 9.84. The first kappa shape index (κ1) is 93.2. The summed E-state index contributed by atoms with van der Waals surface area (Å²) in [7, 11) is -5.70. The van der Waals surface area contributed by atoms with Gasteiger partial charge in [-0.3, -0.25) is 23.4 Å². The van der Waals surface area contributed by atoms with E-state index in [0.29, 0.717) is 25.2 Å². The van der Waals surface area contributed by atoms with Crippen LogP contribution in [0.3, 0.4) is 0 Å². The highest BCUT2D eigenvalue weighted by Gasteiger charge is 2.58. The minimum absolute atomic E-state index is 0.0331. The third-order valence-electron chi connectivity index (χ3n) is 20.3. The summed E-state index contributed by atoms with van der Waals surface area (Å²) >= 11 is 0. The summed E-state index contributed by atoms with van der Waals surface area (Å²) in [6.07, 6.45) is 14.4. The molecule has 0 spiro atoms. The molecule has 0 bridgehead atoms. The molecule has 11 N–H and O–H groups in total. The largest absolute Gasteiger partial charge is 0.472 e. The van der Waals surface area contributed by atoms with Crippen molar-refractivity contribution in [3.8, 4) is 0 Å². The average Bonchev–Trinajstić information content (AvgIpc) is 0.760. The van der Waals surface area contributed by atoms with Crippen LogP contribution in [0.25, 0.3) is 0 Å². The van der Waals surface area contributed by atoms with Crippen molar-refractivity contribution in [3.63, 3.8) is 0 Å². The third-order valence-corrected chi connectivity index (χ3v) is 21.3. The Morgan fingerprint density at radius 1 is 0.376 bits per heavy atom. The standard InChI is InChI=1S/C76H143O24P/c1-5-8-11-14-17-19-21-23-24-25-26-28-30-31-33-39-44-49-60(78)92-53-57(95-62(80)51-46-41-36-35-38-43-48-56(4)47-42-37-16-13-10-7-3)54-94-101(90,91)100-74-72(98-75-70(88)65(83)63(81)58(52-77)96-75)68(86)67(85)69(87)73(74)99-76-71(89)66(84)64(82)59(97-76)55-93-61(79)50-45-40-34-32-29-27-22-20-18-15-12-9-6-2/h56-59,63-77,81-89H,5-55H2,1-4H3,(H,90,91). The van der Waals surface area contributed by atoms with Crippen molar-refractivity contribution >= 4 is 25.7 Å². The van der Waals surface area contributed by atoms with Gasteiger partial charge in [0.05, 0.1) is 13.2 Å². The maximum atomic E-state index is 14.4. The van der Waals surface area contributed by atoms with E-state index in [4.69, 9.17) is 42.2 Å². The minimum atomic E-state index is -5.70. The minimum Gasteiger partial charge on any atom is -0.463 e. The predicted octanol–water partition coefficient (Wildman–Crippen LogP) is 12.0. The van der Waals surface area contributed by atoms with Gasteiger partial charge in [-0.05, 0) is 25.2 Å². The van der Waals surface area contributed by atoms with Gasteiger partial charge in [-0.25, -0.2) is 4.57 Å². The quantitative estimate of drug-likeness (QED) is 0.0117. The highest BCUT2D eigenvalue weighted by atomic mass is 31.2. The Bertz CT molecular complexity index is 2100. The number of esters is 3. The summed E-state index contributed by atoms with van der Waals surface area (Å²) in [6.45, 7) is 5.81. The van der Waals surface area contributed by atoms with E-state index in [1.165, 1.54) is 173 Å². The van der Waals surface area contributed by atoms with Gasteiger partial charge in [-0.2, -0.15) is 0 Å². The van der Waals surface area contributed by atoms with Gasteiger partial charge in [0.1, 0.15) is 98.7 Å². The fourth-order valence-corrected chi connectivity index (χ4v) is 14.6. The first-order valence-electron chi connectivity index (χ1n) is 40.2. The maximum Gasteiger partial charge on any atom is 0.472 e. The number of phosphoric acid groups is 1. The van der Waals surface area contributed by atoms with Crippen LogP contribution in [0.15, 0.2) is 0 Å². The molecule has 1 aliphatic carbocycles. The Balaban J connectivity index is 1.72. The molecule has 3 aliphatic rings. The van der Waals surface area contributed by atoms with Crippen LogP contribution in [0, 0.1) is 5.92 Å². The van der Waals surface area contributed by atoms with E-state index in [-0.39, 0.29) is 19.3 Å². The number of hydrogen-bond acceptors (Lipinski definition) is 23. The zero-order valence-electron chi connectivity index (χ0n) is 62.6. The normalized spacial score (nSPS) is 27.4. The summed E-state index contributed by atoms with van der Waals surface area (Å²) < 4.78 is 65.2. The molecule has 2 heterocycles. The summed E-state index contributed by atoms with van der Waals surface area (Å²) in [5.74, 6) is -1.29. The fourth-order valence-electron chi connectivity index (χ4n) is 13.7. The third kappa shape index (κ3) is 40.1. The Kier molecular flexibility index (Phi) is 52.7. The Morgan fingerprint density at radius 2 is 0.693 bits per heavy atom. The Labute approximate surface area is 606 Å². The number of rotatable bonds is 63. The first-order valence-corrected chi connectivity index (χ1v) is 41.7. The molecule has 1 saturated carbocycles. The number of carbonyl (C=O) groups is 3. The van der Waals surface area contributed by atoms with Crippen molar-refractivity contribution in [2.24, 2.45) is 5.92 Å². The lowest BCUT2D eigenvalue weighted by Crippen LogP contribution is -2.69. The second-order valence-electron chi connectivity index (χ2n) is 29.4. The fraction of sp³-hybridized carbons (Fsp3) is 0.961. The first-order chi connectivity index (χ1) is 48.7. The molecule has 19 atom stereocenters. The van der Waals surface area contributed by atoms with Crippen LogP contribution in [0.2, 0.25) is 0 Å². The van der Waals surface area contributed by atoms with Crippen molar-refractivity contribution in [1.82, 2.24) is 0 Å². The van der Waals surface area contributed by atoms with E-state index in [1.54, 1.807) is 0 Å². The Hall–Kier alpha value is -2.04. The van der Waals surface area contributed by atoms with Gasteiger partial charge < -0.3 is 89.1 Å². The van der Waals surface area contributed by atoms with Gasteiger partial charge >= 0.3 is 25.7 Å². The van der Waals surface area contributed by atoms with Gasteiger partial charge in [0.25, 0.3) is 0 Å². The smallest absolute Gasteiger partial charge is 0.463 e. The Morgan fingerprint density at radius 3 is 1.07 bits per heavy atom. The monoisotopic (exact) mass is 1470 g/mol. The topological polar surface area (TPSA) is 374 Å². The molecule has 3 rings (SSSR count). The molecule has 19 unspecified atom stereocenters. The van der Waals surface area contributed by atoms with Crippen LogP contribution in [0.4, 0.5) is 0 Å². The zero-order valence-corrected chi connectivity index (χ0v) is 63.5. The number of carbonyl (C=O) groups excluding carboxylic acids is 3. The maximum absolute atomic E-state index is 14.4. The van der Waals surface area contributed by atoms with E-state index >= 15 is 0 Å². The van der Waals surface area contributed by atoms with Crippen molar-refractivity contribution in [3.05, 3.63) is 0 Å². The van der Waals surface area contributed by atoms with Crippen LogP contribution in [0.1, 0.15) is 329 Å². The zero-order chi connectivity index (χ0) is 74.1. The molecular weight excluding hydrogens is 1330 g/mol. The molecule has 0 aromatic heterocycles. The summed E-state index contributed by atoms with van der Waals surface area (Å²) in [5.41, 5.74) is 0. The van der Waals surface area contributed by atoms with Crippen LogP contribution in [-0.2, 0) is 61.2 Å². The van der Waals surface area contributed by atoms with Gasteiger partial charge in [0, 0.05) is 19.3 Å². The molecule has 101 heavy (non-hydrogen) atoms. The average molecular weight is 1470 g/mol. The van der Waals surface area contributed by atoms with Crippen LogP contribution in [0.5, 0.6) is 0 Å². The molecule has 25 heteroatoms. The van der Waals surface area contributed by atoms with E-state index < -0.39 is 156 Å². The second kappa shape index (κ2) is 57.1. The number of aliphatic hydroxyl groups is 10. The SMILES string of the molecule is CCCCCCCCCCCCCCCCCCCC(=O)OCC(COP(=O)(O)OC1C(OC2OC(CO)C(O)C(O)C2O)C(O)C(O)C(O)C1OC1OC(COC(=O)CCCCCCCCCCCCCCC)C(O)C(O)C1O)OC(=O)CCCCCCCCC(C)CCCCCCCC. The molecule has 0 aromatic rings. The van der Waals surface area contributed by atoms with Crippen LogP contribution in [-0.4, -0.2) is 204 Å². The van der Waals surface area contributed by atoms with E-state index in [9.17, 15) is 74.9 Å². The second-order valence-corrected chi connectivity index (χ2v) is 30.8. The number of unbranched alkanes of at least 4 members (excludes halogenated alkanes) is 38. The van der Waals surface area contributed by atoms with Gasteiger partial charge in [-0.15, -0.1) is 0 Å². The molecule has 3 fully saturated rings. The molecule has 0 aromatic carbocycles. The van der Waals surface area contributed by atoms with Crippen molar-refractivity contribution in [2.75, 3.05) is 26.4 Å². The van der Waals surface area contributed by atoms with Crippen molar-refractivity contribution in [2.45, 2.75) is 434 Å². The van der Waals surface area contributed by atoms with E-state index in [2.05, 4.69) is 27.7 Å². The van der Waals surface area contributed by atoms with Gasteiger partial charge in [-0.1, -0.05) is 291 Å². The molecule has 2 saturated heterocycles. The molecule has 596 valence electrons. The van der Waals surface area contributed by atoms with E-state index in [1.807, 2.05) is 0 Å². The molecule has 0 radical (unpaired) electrons. The van der Waals surface area contributed by atoms with Crippen LogP contribution < -0.4 is 0 Å². The van der Waals surface area contributed by atoms with Crippen LogP contribution >= 0.6 is 7.82 Å². The van der Waals surface area contributed by atoms with Gasteiger partial charge in [0.15, 0.2) is 18.7 Å². The number of hydrogen-bond donors (Lipinski definition) is 11. The summed E-state index contributed by atoms with van der Waals surface area (Å²) in [4.78, 5) is 51.2. The summed E-state index contributed by atoms with van der Waals surface area (Å²) in [5, 5.41) is 110. The molecule has 24 nitrogen and oxygen atoms in total. The molecule has 0 amide bonds. The molecule has 2 aliphatic heterocycles. The van der Waals surface area contributed by atoms with Crippen molar-refractivity contribution < 1.29 is 117 Å². The predicted molar refractivity (Wildman–Crippen MR) is 384 cm³/mol. The highest BCUT2D eigenvalue weighted by Crippen LogP contribution is 2.49.